The van der Waals surface area contributed by atoms with Gasteiger partial charge in [-0.25, -0.2) is 13.4 Å². The molecule has 0 atom stereocenters. The van der Waals surface area contributed by atoms with Crippen molar-refractivity contribution < 1.29 is 18.3 Å². The molecule has 1 heterocycles. The Balaban J connectivity index is 2.06. The first-order chi connectivity index (χ1) is 11.3. The lowest BCUT2D eigenvalue weighted by Crippen LogP contribution is -2.13. The maximum Gasteiger partial charge on any atom is 0.262 e. The van der Waals surface area contributed by atoms with E-state index in [1.54, 1.807) is 6.07 Å². The van der Waals surface area contributed by atoms with Gasteiger partial charge in [-0.1, -0.05) is 23.2 Å². The summed E-state index contributed by atoms with van der Waals surface area (Å²) in [5.74, 6) is 0.151. The van der Waals surface area contributed by atoms with Crippen LogP contribution in [0.1, 0.15) is 0 Å². The zero-order chi connectivity index (χ0) is 17.5. The van der Waals surface area contributed by atoms with E-state index in [9.17, 15) is 13.5 Å². The number of benzene rings is 2. The van der Waals surface area contributed by atoms with E-state index in [1.807, 2.05) is 0 Å². The number of imidazole rings is 1. The van der Waals surface area contributed by atoms with E-state index in [4.69, 9.17) is 27.9 Å². The van der Waals surface area contributed by atoms with Gasteiger partial charge in [0.25, 0.3) is 10.0 Å². The summed E-state index contributed by atoms with van der Waals surface area (Å²) in [6, 6.07) is 5.35. The number of fused-ring (bicyclic) bond motifs is 1. The fraction of sp³-hybridized carbons (Fsp3) is 0.0714. The van der Waals surface area contributed by atoms with Crippen LogP contribution in [0, 0.1) is 0 Å². The van der Waals surface area contributed by atoms with Crippen LogP contribution in [0.5, 0.6) is 11.5 Å². The zero-order valence-electron chi connectivity index (χ0n) is 12.2. The second-order valence-corrected chi connectivity index (χ2v) is 7.28. The lowest BCUT2D eigenvalue weighted by Gasteiger charge is -2.11. The molecule has 0 bridgehead atoms. The van der Waals surface area contributed by atoms with Crippen molar-refractivity contribution in [2.24, 2.45) is 0 Å². The first kappa shape index (κ1) is 16.7. The number of anilines is 1. The number of sulfonamides is 1. The van der Waals surface area contributed by atoms with Crippen molar-refractivity contribution in [2.45, 2.75) is 4.90 Å². The molecule has 0 aliphatic carbocycles. The SMILES string of the molecule is COc1ccc(NS(=O)(=O)c2cc(Cl)c(O)c(Cl)c2)c2nc[nH]c12. The van der Waals surface area contributed by atoms with Crippen LogP contribution in [0.2, 0.25) is 10.0 Å². The molecule has 0 fully saturated rings. The molecule has 10 heteroatoms. The fourth-order valence-corrected chi connectivity index (χ4v) is 3.90. The van der Waals surface area contributed by atoms with Crippen molar-refractivity contribution in [1.82, 2.24) is 9.97 Å². The molecule has 0 saturated heterocycles. The highest BCUT2D eigenvalue weighted by Crippen LogP contribution is 2.35. The standard InChI is InChI=1S/C14H11Cl2N3O4S/c1-23-11-3-2-10(12-13(11)18-6-17-12)19-24(21,22)7-4-8(15)14(20)9(16)5-7/h2-6,19-20H,1H3,(H,17,18). The van der Waals surface area contributed by atoms with Crippen molar-refractivity contribution in [2.75, 3.05) is 11.8 Å². The van der Waals surface area contributed by atoms with Crippen LogP contribution >= 0.6 is 23.2 Å². The van der Waals surface area contributed by atoms with Crippen molar-refractivity contribution in [3.05, 3.63) is 40.6 Å². The molecule has 1 aromatic heterocycles. The molecular weight excluding hydrogens is 377 g/mol. The number of ether oxygens (including phenoxy) is 1. The monoisotopic (exact) mass is 387 g/mol. The van der Waals surface area contributed by atoms with Crippen LogP contribution in [0.15, 0.2) is 35.5 Å². The smallest absolute Gasteiger partial charge is 0.262 e. The molecule has 0 spiro atoms. The number of aromatic hydroxyl groups is 1. The summed E-state index contributed by atoms with van der Waals surface area (Å²) in [6.45, 7) is 0. The molecule has 0 radical (unpaired) electrons. The zero-order valence-corrected chi connectivity index (χ0v) is 14.5. The Morgan fingerprint density at radius 3 is 2.54 bits per heavy atom. The van der Waals surface area contributed by atoms with Gasteiger partial charge in [-0.05, 0) is 24.3 Å². The highest BCUT2D eigenvalue weighted by molar-refractivity contribution is 7.92. The Kier molecular flexibility index (Phi) is 4.20. The van der Waals surface area contributed by atoms with Gasteiger partial charge in [0.15, 0.2) is 5.75 Å². The number of hydrogen-bond donors (Lipinski definition) is 3. The minimum Gasteiger partial charge on any atom is -0.505 e. The fourth-order valence-electron chi connectivity index (χ4n) is 2.16. The molecule has 0 aliphatic rings. The number of phenols is 1. The number of phenolic OH excluding ortho intramolecular Hbond substituents is 1. The third kappa shape index (κ3) is 2.83. The molecule has 3 aromatic rings. The third-order valence-corrected chi connectivity index (χ3v) is 5.23. The number of halogens is 2. The van der Waals surface area contributed by atoms with E-state index in [2.05, 4.69) is 14.7 Å². The Bertz CT molecular complexity index is 1010. The maximum absolute atomic E-state index is 12.6. The Labute approximate surface area is 147 Å². The molecule has 126 valence electrons. The van der Waals surface area contributed by atoms with Crippen molar-refractivity contribution >= 4 is 49.9 Å². The van der Waals surface area contributed by atoms with Gasteiger partial charge in [0.05, 0.1) is 34.1 Å². The second kappa shape index (κ2) is 6.04. The molecule has 24 heavy (non-hydrogen) atoms. The predicted molar refractivity (Wildman–Crippen MR) is 91.6 cm³/mol. The molecule has 2 aromatic carbocycles. The molecule has 0 unspecified atom stereocenters. The summed E-state index contributed by atoms with van der Waals surface area (Å²) < 4.78 is 32.7. The van der Waals surface area contributed by atoms with E-state index in [0.29, 0.717) is 16.8 Å². The average molecular weight is 388 g/mol. The number of nitrogens with zero attached hydrogens (tertiary/aromatic N) is 1. The van der Waals surface area contributed by atoms with Crippen LogP contribution < -0.4 is 9.46 Å². The number of nitrogens with one attached hydrogen (secondary N) is 2. The topological polar surface area (TPSA) is 104 Å². The molecule has 0 aliphatic heterocycles. The Morgan fingerprint density at radius 1 is 1.25 bits per heavy atom. The summed E-state index contributed by atoms with van der Waals surface area (Å²) in [7, 11) is -2.49. The van der Waals surface area contributed by atoms with Gasteiger partial charge in [-0.15, -0.1) is 0 Å². The first-order valence-corrected chi connectivity index (χ1v) is 8.78. The number of aromatic nitrogens is 2. The summed E-state index contributed by atoms with van der Waals surface area (Å²) in [4.78, 5) is 6.80. The Morgan fingerprint density at radius 2 is 1.92 bits per heavy atom. The molecule has 3 N–H and O–H groups in total. The molecule has 7 nitrogen and oxygen atoms in total. The van der Waals surface area contributed by atoms with E-state index in [1.165, 1.54) is 19.5 Å². The van der Waals surface area contributed by atoms with Crippen LogP contribution in [0.3, 0.4) is 0 Å². The summed E-state index contributed by atoms with van der Waals surface area (Å²) in [5, 5.41) is 9.22. The maximum atomic E-state index is 12.6. The first-order valence-electron chi connectivity index (χ1n) is 6.54. The van der Waals surface area contributed by atoms with Crippen molar-refractivity contribution in [3.8, 4) is 11.5 Å². The van der Waals surface area contributed by atoms with Gasteiger partial charge in [-0.3, -0.25) is 4.72 Å². The van der Waals surface area contributed by atoms with Crippen molar-refractivity contribution in [3.63, 3.8) is 0 Å². The highest BCUT2D eigenvalue weighted by atomic mass is 35.5. The van der Waals surface area contributed by atoms with E-state index in [0.717, 1.165) is 12.1 Å². The third-order valence-electron chi connectivity index (χ3n) is 3.31. The quantitative estimate of drug-likeness (QED) is 0.636. The summed E-state index contributed by atoms with van der Waals surface area (Å²) in [5.41, 5.74) is 1.21. The normalized spacial score (nSPS) is 11.6. The van der Waals surface area contributed by atoms with Crippen molar-refractivity contribution in [1.29, 1.82) is 0 Å². The van der Waals surface area contributed by atoms with Gasteiger partial charge < -0.3 is 14.8 Å². The molecular formula is C14H11Cl2N3O4S. The number of rotatable bonds is 4. The van der Waals surface area contributed by atoms with Gasteiger partial charge >= 0.3 is 0 Å². The largest absolute Gasteiger partial charge is 0.505 e. The van der Waals surface area contributed by atoms with Gasteiger partial charge in [-0.2, -0.15) is 0 Å². The van der Waals surface area contributed by atoms with Crippen LogP contribution in [-0.2, 0) is 10.0 Å². The molecule has 0 amide bonds. The summed E-state index contributed by atoms with van der Waals surface area (Å²) in [6.07, 6.45) is 1.43. The van der Waals surface area contributed by atoms with E-state index >= 15 is 0 Å². The van der Waals surface area contributed by atoms with Gasteiger partial charge in [0.1, 0.15) is 16.8 Å². The van der Waals surface area contributed by atoms with Gasteiger partial charge in [0.2, 0.25) is 0 Å². The number of methoxy groups -OCH3 is 1. The lowest BCUT2D eigenvalue weighted by molar-refractivity contribution is 0.419. The van der Waals surface area contributed by atoms with Crippen LogP contribution in [-0.4, -0.2) is 30.6 Å². The molecule has 0 saturated carbocycles. The van der Waals surface area contributed by atoms with Gasteiger partial charge in [0, 0.05) is 0 Å². The number of aromatic amines is 1. The highest BCUT2D eigenvalue weighted by Gasteiger charge is 2.20. The van der Waals surface area contributed by atoms with E-state index in [-0.39, 0.29) is 26.4 Å². The lowest BCUT2D eigenvalue weighted by atomic mass is 10.2. The minimum absolute atomic E-state index is 0.164. The van der Waals surface area contributed by atoms with E-state index < -0.39 is 10.0 Å². The second-order valence-electron chi connectivity index (χ2n) is 4.78. The summed E-state index contributed by atoms with van der Waals surface area (Å²) >= 11 is 11.6. The molecule has 3 rings (SSSR count). The van der Waals surface area contributed by atoms with Crippen LogP contribution in [0.25, 0.3) is 11.0 Å². The van der Waals surface area contributed by atoms with Crippen LogP contribution in [0.4, 0.5) is 5.69 Å². The number of hydrogen-bond acceptors (Lipinski definition) is 5. The minimum atomic E-state index is -3.99. The average Bonchev–Trinajstić information content (AvgIpc) is 3.02. The Hall–Kier alpha value is -2.16. The number of H-pyrrole nitrogens is 1. The predicted octanol–water partition coefficient (Wildman–Crippen LogP) is 3.38.